The van der Waals surface area contributed by atoms with Gasteiger partial charge in [0, 0.05) is 0 Å². The molecule has 1 unspecified atom stereocenters. The molecule has 1 aromatic heterocycles. The van der Waals surface area contributed by atoms with Crippen molar-refractivity contribution in [3.8, 4) is 6.07 Å². The highest BCUT2D eigenvalue weighted by atomic mass is 16.4. The molecule has 0 spiro atoms. The SMILES string of the molecule is Cc1cnc(C(C)C#N)o1. The first-order chi connectivity index (χ1) is 4.74. The molecule has 3 nitrogen and oxygen atoms in total. The number of aromatic nitrogens is 1. The normalized spacial score (nSPS) is 12.5. The first-order valence-electron chi connectivity index (χ1n) is 3.06. The zero-order valence-corrected chi connectivity index (χ0v) is 5.96. The highest BCUT2D eigenvalue weighted by Gasteiger charge is 2.08. The molecule has 1 rings (SSSR count). The molecular formula is C7H8N2O. The second-order valence-corrected chi connectivity index (χ2v) is 2.16. The first kappa shape index (κ1) is 6.81. The summed E-state index contributed by atoms with van der Waals surface area (Å²) in [4.78, 5) is 3.90. The van der Waals surface area contributed by atoms with Crippen molar-refractivity contribution in [1.82, 2.24) is 4.98 Å². The lowest BCUT2D eigenvalue weighted by Crippen LogP contribution is -1.87. The zero-order chi connectivity index (χ0) is 7.56. The lowest BCUT2D eigenvalue weighted by atomic mass is 10.2. The fourth-order valence-corrected chi connectivity index (χ4v) is 0.628. The Hall–Kier alpha value is -1.30. The highest BCUT2D eigenvalue weighted by Crippen LogP contribution is 2.12. The topological polar surface area (TPSA) is 49.8 Å². The van der Waals surface area contributed by atoms with Crippen LogP contribution in [0.25, 0.3) is 0 Å². The number of rotatable bonds is 1. The van der Waals surface area contributed by atoms with Crippen molar-refractivity contribution < 1.29 is 4.42 Å². The molecule has 0 radical (unpaired) electrons. The Morgan fingerprint density at radius 1 is 1.80 bits per heavy atom. The molecule has 0 N–H and O–H groups in total. The number of hydrogen-bond acceptors (Lipinski definition) is 3. The number of oxazole rings is 1. The minimum atomic E-state index is -0.242. The number of nitriles is 1. The summed E-state index contributed by atoms with van der Waals surface area (Å²) in [5.74, 6) is 1.01. The van der Waals surface area contributed by atoms with Crippen molar-refractivity contribution in [2.45, 2.75) is 19.8 Å². The zero-order valence-electron chi connectivity index (χ0n) is 5.96. The third-order valence-electron chi connectivity index (χ3n) is 1.20. The van der Waals surface area contributed by atoms with Crippen molar-refractivity contribution in [2.75, 3.05) is 0 Å². The van der Waals surface area contributed by atoms with Crippen molar-refractivity contribution in [1.29, 1.82) is 5.26 Å². The van der Waals surface area contributed by atoms with Gasteiger partial charge in [0.15, 0.2) is 0 Å². The molecule has 0 saturated heterocycles. The van der Waals surface area contributed by atoms with Crippen LogP contribution in [0.5, 0.6) is 0 Å². The summed E-state index contributed by atoms with van der Waals surface area (Å²) in [5, 5.41) is 8.45. The van der Waals surface area contributed by atoms with E-state index in [1.54, 1.807) is 20.0 Å². The molecule has 0 fully saturated rings. The van der Waals surface area contributed by atoms with Gasteiger partial charge in [-0.25, -0.2) is 4.98 Å². The number of hydrogen-bond donors (Lipinski definition) is 0. The van der Waals surface area contributed by atoms with E-state index in [1.165, 1.54) is 0 Å². The molecule has 1 heterocycles. The highest BCUT2D eigenvalue weighted by molar-refractivity contribution is 5.04. The molecule has 10 heavy (non-hydrogen) atoms. The second-order valence-electron chi connectivity index (χ2n) is 2.16. The molecule has 0 aliphatic heterocycles. The summed E-state index contributed by atoms with van der Waals surface area (Å²) in [6.07, 6.45) is 1.61. The van der Waals surface area contributed by atoms with Gasteiger partial charge < -0.3 is 4.42 Å². The minimum absolute atomic E-state index is 0.242. The predicted molar refractivity (Wildman–Crippen MR) is 35.3 cm³/mol. The van der Waals surface area contributed by atoms with E-state index in [0.29, 0.717) is 5.89 Å². The van der Waals surface area contributed by atoms with Crippen LogP contribution in [-0.4, -0.2) is 4.98 Å². The summed E-state index contributed by atoms with van der Waals surface area (Å²) >= 11 is 0. The lowest BCUT2D eigenvalue weighted by molar-refractivity contribution is 0.464. The summed E-state index contributed by atoms with van der Waals surface area (Å²) < 4.78 is 5.10. The Balaban J connectivity index is 2.87. The van der Waals surface area contributed by atoms with Crippen LogP contribution in [0.3, 0.4) is 0 Å². The van der Waals surface area contributed by atoms with Crippen molar-refractivity contribution in [2.24, 2.45) is 0 Å². The Kier molecular flexibility index (Phi) is 1.72. The number of aryl methyl sites for hydroxylation is 1. The lowest BCUT2D eigenvalue weighted by Gasteiger charge is -1.91. The molecule has 1 atom stereocenters. The van der Waals surface area contributed by atoms with Gasteiger partial charge in [0.2, 0.25) is 5.89 Å². The van der Waals surface area contributed by atoms with E-state index in [-0.39, 0.29) is 5.92 Å². The van der Waals surface area contributed by atoms with Crippen LogP contribution < -0.4 is 0 Å². The Morgan fingerprint density at radius 3 is 2.90 bits per heavy atom. The molecule has 0 aliphatic carbocycles. The van der Waals surface area contributed by atoms with Crippen LogP contribution >= 0.6 is 0 Å². The third-order valence-corrected chi connectivity index (χ3v) is 1.20. The molecule has 0 aromatic carbocycles. The Morgan fingerprint density at radius 2 is 2.50 bits per heavy atom. The van der Waals surface area contributed by atoms with Crippen LogP contribution in [0.15, 0.2) is 10.6 Å². The van der Waals surface area contributed by atoms with Crippen LogP contribution in [0.2, 0.25) is 0 Å². The fraction of sp³-hybridized carbons (Fsp3) is 0.429. The third kappa shape index (κ3) is 1.16. The first-order valence-corrected chi connectivity index (χ1v) is 3.06. The van der Waals surface area contributed by atoms with E-state index in [0.717, 1.165) is 5.76 Å². The van der Waals surface area contributed by atoms with Gasteiger partial charge in [0.25, 0.3) is 0 Å². The average Bonchev–Trinajstić information content (AvgIpc) is 2.34. The largest absolute Gasteiger partial charge is 0.445 e. The second kappa shape index (κ2) is 2.53. The molecule has 3 heteroatoms. The van der Waals surface area contributed by atoms with Gasteiger partial charge in [0.1, 0.15) is 11.7 Å². The maximum Gasteiger partial charge on any atom is 0.211 e. The average molecular weight is 136 g/mol. The van der Waals surface area contributed by atoms with Gasteiger partial charge in [-0.05, 0) is 13.8 Å². The maximum absolute atomic E-state index is 8.45. The quantitative estimate of drug-likeness (QED) is 0.589. The van der Waals surface area contributed by atoms with E-state index in [4.69, 9.17) is 9.68 Å². The molecule has 0 amide bonds. The fourth-order valence-electron chi connectivity index (χ4n) is 0.628. The van der Waals surface area contributed by atoms with Gasteiger partial charge in [-0.2, -0.15) is 5.26 Å². The van der Waals surface area contributed by atoms with Crippen LogP contribution in [0.1, 0.15) is 24.5 Å². The van der Waals surface area contributed by atoms with Crippen molar-refractivity contribution in [3.05, 3.63) is 17.8 Å². The Bertz CT molecular complexity index is 259. The standard InChI is InChI=1S/C7H8N2O/c1-5(3-8)7-9-4-6(2)10-7/h4-5H,1-2H3. The van der Waals surface area contributed by atoms with E-state index in [2.05, 4.69) is 4.98 Å². The maximum atomic E-state index is 8.45. The van der Waals surface area contributed by atoms with Gasteiger partial charge in [-0.1, -0.05) is 0 Å². The van der Waals surface area contributed by atoms with Crippen LogP contribution in [0.4, 0.5) is 0 Å². The van der Waals surface area contributed by atoms with E-state index < -0.39 is 0 Å². The predicted octanol–water partition coefficient (Wildman–Crippen LogP) is 1.61. The summed E-state index contributed by atoms with van der Waals surface area (Å²) in [6, 6.07) is 2.04. The van der Waals surface area contributed by atoms with Gasteiger partial charge in [-0.15, -0.1) is 0 Å². The van der Waals surface area contributed by atoms with E-state index in [1.807, 2.05) is 6.07 Å². The number of nitrogens with zero attached hydrogens (tertiary/aromatic N) is 2. The molecular weight excluding hydrogens is 128 g/mol. The minimum Gasteiger partial charge on any atom is -0.445 e. The van der Waals surface area contributed by atoms with E-state index >= 15 is 0 Å². The molecule has 0 aliphatic rings. The van der Waals surface area contributed by atoms with Crippen molar-refractivity contribution >= 4 is 0 Å². The molecule has 1 aromatic rings. The van der Waals surface area contributed by atoms with Gasteiger partial charge in [-0.3, -0.25) is 0 Å². The summed E-state index contributed by atoms with van der Waals surface area (Å²) in [6.45, 7) is 3.56. The monoisotopic (exact) mass is 136 g/mol. The van der Waals surface area contributed by atoms with Gasteiger partial charge >= 0.3 is 0 Å². The van der Waals surface area contributed by atoms with E-state index in [9.17, 15) is 0 Å². The summed E-state index contributed by atoms with van der Waals surface area (Å²) in [7, 11) is 0. The molecule has 52 valence electrons. The molecule has 0 saturated carbocycles. The Labute approximate surface area is 59.3 Å². The summed E-state index contributed by atoms with van der Waals surface area (Å²) in [5.41, 5.74) is 0. The van der Waals surface area contributed by atoms with Gasteiger partial charge in [0.05, 0.1) is 12.3 Å². The molecule has 0 bridgehead atoms. The van der Waals surface area contributed by atoms with Crippen LogP contribution in [-0.2, 0) is 0 Å². The van der Waals surface area contributed by atoms with Crippen LogP contribution in [0, 0.1) is 18.3 Å². The van der Waals surface area contributed by atoms with Crippen molar-refractivity contribution in [3.63, 3.8) is 0 Å². The smallest absolute Gasteiger partial charge is 0.211 e.